The Kier molecular flexibility index (Phi) is 12.5. The maximum atomic E-state index is 6.79. The van der Waals surface area contributed by atoms with Gasteiger partial charge in [-0.3, -0.25) is 5.41 Å². The van der Waals surface area contributed by atoms with E-state index in [-0.39, 0.29) is 0 Å². The van der Waals surface area contributed by atoms with Crippen LogP contribution in [-0.4, -0.2) is 18.9 Å². The van der Waals surface area contributed by atoms with E-state index in [9.17, 15) is 0 Å². The third-order valence-corrected chi connectivity index (χ3v) is 14.0. The van der Waals surface area contributed by atoms with Crippen LogP contribution in [0.2, 0.25) is 0 Å². The first-order valence-corrected chi connectivity index (χ1v) is 23.3. The Morgan fingerprint density at radius 3 is 1.75 bits per heavy atom. The van der Waals surface area contributed by atoms with Crippen LogP contribution in [-0.2, 0) is 0 Å². The molecule has 0 amide bonds. The van der Waals surface area contributed by atoms with Crippen molar-refractivity contribution in [3.05, 3.63) is 216 Å². The summed E-state index contributed by atoms with van der Waals surface area (Å²) in [5.41, 5.74) is 9.82. The number of hydrogen-bond donors (Lipinski definition) is 1. The maximum absolute atomic E-state index is 6.79. The van der Waals surface area contributed by atoms with E-state index < -0.39 is 0 Å². The number of amidine groups is 1. The summed E-state index contributed by atoms with van der Waals surface area (Å²) in [6, 6.07) is 63.2. The number of aliphatic imine (C=N–C) groups is 2. The fourth-order valence-corrected chi connectivity index (χ4v) is 11.0. The van der Waals surface area contributed by atoms with Gasteiger partial charge < -0.3 is 0 Å². The lowest BCUT2D eigenvalue weighted by molar-refractivity contribution is 1.47. The van der Waals surface area contributed by atoms with E-state index in [1.165, 1.54) is 106 Å². The van der Waals surface area contributed by atoms with Crippen molar-refractivity contribution < 1.29 is 0 Å². The quantitative estimate of drug-likeness (QED) is 0.0983. The Labute approximate surface area is 388 Å². The zero-order valence-corrected chi connectivity index (χ0v) is 38.3. The highest BCUT2D eigenvalue weighted by Crippen LogP contribution is 2.43. The molecule has 11 aromatic rings. The van der Waals surface area contributed by atoms with Gasteiger partial charge in [-0.15, -0.1) is 22.7 Å². The van der Waals surface area contributed by atoms with Crippen LogP contribution in [0.4, 0.5) is 0 Å². The van der Waals surface area contributed by atoms with Gasteiger partial charge in [0.15, 0.2) is 5.84 Å². The van der Waals surface area contributed by atoms with Crippen LogP contribution in [0.5, 0.6) is 0 Å². The Balaban J connectivity index is 0.000000162. The smallest absolute Gasteiger partial charge is 0.160 e. The normalized spacial score (nSPS) is 11.5. The average Bonchev–Trinajstić information content (AvgIpc) is 3.91. The molecule has 0 saturated carbocycles. The van der Waals surface area contributed by atoms with Gasteiger partial charge in [0, 0.05) is 40.7 Å². The maximum Gasteiger partial charge on any atom is 0.160 e. The van der Waals surface area contributed by atoms with Gasteiger partial charge in [-0.2, -0.15) is 0 Å². The summed E-state index contributed by atoms with van der Waals surface area (Å²) >= 11 is 3.71. The van der Waals surface area contributed by atoms with Crippen molar-refractivity contribution in [2.75, 3.05) is 0 Å². The van der Waals surface area contributed by atoms with Crippen molar-refractivity contribution in [3.8, 4) is 22.3 Å². The van der Waals surface area contributed by atoms with Crippen LogP contribution in [0.15, 0.2) is 199 Å². The molecular formula is C60H47N3S2. The second-order valence-corrected chi connectivity index (χ2v) is 18.1. The Morgan fingerprint density at radius 1 is 0.523 bits per heavy atom. The van der Waals surface area contributed by atoms with Crippen molar-refractivity contribution in [1.29, 1.82) is 5.41 Å². The largest absolute Gasteiger partial charge is 0.289 e. The highest BCUT2D eigenvalue weighted by molar-refractivity contribution is 7.26. The number of hydrogen-bond acceptors (Lipinski definition) is 3. The SMILES string of the molecule is C=Cc1c(/C=C\C)sc2cc(C)ccc12.C=NC(=NC=N)c1ccccc1.Cc1ccc(-c2cccc3sc4ccc(-c5ccc6c7ccccc7c7ccccc7c6c5)cc4c23)cc1. The first-order valence-electron chi connectivity index (χ1n) is 21.6. The third-order valence-electron chi connectivity index (χ3n) is 11.7. The lowest BCUT2D eigenvalue weighted by Gasteiger charge is -2.12. The molecule has 0 radical (unpaired) electrons. The Hall–Kier alpha value is -7.57. The van der Waals surface area contributed by atoms with Gasteiger partial charge in [0.25, 0.3) is 0 Å². The van der Waals surface area contributed by atoms with Gasteiger partial charge in [0.1, 0.15) is 6.34 Å². The molecular weight excluding hydrogens is 827 g/mol. The van der Waals surface area contributed by atoms with Crippen LogP contribution >= 0.6 is 22.7 Å². The molecule has 0 aliphatic carbocycles. The summed E-state index contributed by atoms with van der Waals surface area (Å²) in [7, 11) is 0. The number of aryl methyl sites for hydroxylation is 2. The number of nitrogens with zero attached hydrogens (tertiary/aromatic N) is 2. The highest BCUT2D eigenvalue weighted by atomic mass is 32.1. The molecule has 0 saturated heterocycles. The van der Waals surface area contributed by atoms with Gasteiger partial charge in [0.05, 0.1) is 0 Å². The van der Waals surface area contributed by atoms with E-state index in [1.54, 1.807) is 0 Å². The lowest BCUT2D eigenvalue weighted by atomic mass is 9.91. The van der Waals surface area contributed by atoms with Crippen molar-refractivity contribution in [2.45, 2.75) is 20.8 Å². The molecule has 11 rings (SSSR count). The fourth-order valence-electron chi connectivity index (χ4n) is 8.65. The van der Waals surface area contributed by atoms with E-state index >= 15 is 0 Å². The minimum Gasteiger partial charge on any atom is -0.289 e. The molecule has 0 fully saturated rings. The fraction of sp³-hybridized carbons (Fsp3) is 0.0500. The van der Waals surface area contributed by atoms with Crippen LogP contribution < -0.4 is 0 Å². The van der Waals surface area contributed by atoms with Crippen molar-refractivity contribution in [3.63, 3.8) is 0 Å². The van der Waals surface area contributed by atoms with Crippen LogP contribution in [0.25, 0.3) is 97.0 Å². The molecule has 0 atom stereocenters. The topological polar surface area (TPSA) is 48.6 Å². The van der Waals surface area contributed by atoms with E-state index in [0.29, 0.717) is 5.84 Å². The zero-order valence-electron chi connectivity index (χ0n) is 36.7. The monoisotopic (exact) mass is 873 g/mol. The summed E-state index contributed by atoms with van der Waals surface area (Å²) in [5.74, 6) is 0.477. The van der Waals surface area contributed by atoms with Gasteiger partial charge in [-0.05, 0) is 130 Å². The molecule has 2 heterocycles. The minimum atomic E-state index is 0.477. The molecule has 0 bridgehead atoms. The average molecular weight is 874 g/mol. The number of nitrogens with one attached hydrogen (secondary N) is 1. The van der Waals surface area contributed by atoms with Crippen molar-refractivity contribution in [2.24, 2.45) is 9.98 Å². The van der Waals surface area contributed by atoms with Gasteiger partial charge in [-0.25, -0.2) is 9.98 Å². The summed E-state index contributed by atoms with van der Waals surface area (Å²) in [6.45, 7) is 13.6. The van der Waals surface area contributed by atoms with Crippen molar-refractivity contribution >= 4 is 116 Å². The number of thiophene rings is 2. The molecule has 0 unspecified atom stereocenters. The summed E-state index contributed by atoms with van der Waals surface area (Å²) < 4.78 is 4.02. The van der Waals surface area contributed by atoms with Gasteiger partial charge in [-0.1, -0.05) is 170 Å². The van der Waals surface area contributed by atoms with Crippen LogP contribution in [0.3, 0.4) is 0 Å². The Morgan fingerprint density at radius 2 is 1.11 bits per heavy atom. The second kappa shape index (κ2) is 19.0. The molecule has 9 aromatic carbocycles. The summed E-state index contributed by atoms with van der Waals surface area (Å²) in [5, 5.41) is 18.7. The first kappa shape index (κ1) is 42.7. The van der Waals surface area contributed by atoms with E-state index in [4.69, 9.17) is 5.41 Å². The molecule has 0 spiro atoms. The van der Waals surface area contributed by atoms with Gasteiger partial charge >= 0.3 is 0 Å². The molecule has 5 heteroatoms. The van der Waals surface area contributed by atoms with E-state index in [1.807, 2.05) is 66.0 Å². The first-order chi connectivity index (χ1) is 31.9. The molecule has 1 N–H and O–H groups in total. The third kappa shape index (κ3) is 8.60. The van der Waals surface area contributed by atoms with Crippen molar-refractivity contribution in [1.82, 2.24) is 0 Å². The number of rotatable bonds is 6. The molecule has 65 heavy (non-hydrogen) atoms. The molecule has 2 aromatic heterocycles. The second-order valence-electron chi connectivity index (χ2n) is 15.9. The van der Waals surface area contributed by atoms with E-state index in [0.717, 1.165) is 11.9 Å². The highest BCUT2D eigenvalue weighted by Gasteiger charge is 2.14. The number of benzene rings is 9. The van der Waals surface area contributed by atoms with E-state index in [2.05, 4.69) is 195 Å². The molecule has 0 aliphatic heterocycles. The Bertz CT molecular complexity index is 3590. The predicted molar refractivity (Wildman–Crippen MR) is 290 cm³/mol. The number of allylic oxidation sites excluding steroid dienone is 1. The van der Waals surface area contributed by atoms with Crippen LogP contribution in [0, 0.1) is 19.3 Å². The van der Waals surface area contributed by atoms with Gasteiger partial charge in [0.2, 0.25) is 0 Å². The summed E-state index contributed by atoms with van der Waals surface area (Å²) in [4.78, 5) is 8.74. The predicted octanol–water partition coefficient (Wildman–Crippen LogP) is 17.8. The standard InChI is InChI=1S/C37H24S.C14H14S.C9H9N3/c1-23-13-15-24(16-14-23)27-11-6-12-36-37(27)34-22-26(18-20-35(34)38-36)25-17-19-32-30-9-3-2-7-28(30)29-8-4-5-10-31(29)33(32)21-25;1-4-6-13-11(5-2)12-8-7-10(3)9-14(12)15-13;1-11-9(12-7-10)8-5-3-2-4-6-8/h2-22H,1H3;4-9H,2H2,1,3H3;2-7,10H,1H2/b;6-4-;. The molecule has 3 nitrogen and oxygen atoms in total. The molecule has 314 valence electrons. The minimum absolute atomic E-state index is 0.477. The number of fused-ring (bicyclic) bond motifs is 10. The molecule has 0 aliphatic rings. The van der Waals surface area contributed by atoms with Crippen LogP contribution in [0.1, 0.15) is 34.1 Å². The lowest BCUT2D eigenvalue weighted by Crippen LogP contribution is -1.95. The summed E-state index contributed by atoms with van der Waals surface area (Å²) in [6.07, 6.45) is 7.13. The zero-order chi connectivity index (χ0) is 44.9.